The Morgan fingerprint density at radius 3 is 1.86 bits per heavy atom. The van der Waals surface area contributed by atoms with Crippen molar-refractivity contribution in [3.63, 3.8) is 0 Å². The number of esters is 2. The molecule has 0 fully saturated rings. The molecule has 0 bridgehead atoms. The Kier molecular flexibility index (Phi) is 31.0. The summed E-state index contributed by atoms with van der Waals surface area (Å²) in [5.74, 6) is 12.4. The van der Waals surface area contributed by atoms with Crippen LogP contribution in [-0.4, -0.2) is 31.3 Å². The van der Waals surface area contributed by atoms with Crippen LogP contribution in [0.1, 0.15) is 90.9 Å². The average Bonchev–Trinajstić information content (AvgIpc) is 2.78. The van der Waals surface area contributed by atoms with Gasteiger partial charge in [-0.15, -0.1) is 0 Å². The number of carbonyl (C=O) groups excluding carboxylic acids is 2. The van der Waals surface area contributed by atoms with Crippen LogP contribution in [0, 0.1) is 35.5 Å². The predicted octanol–water partition coefficient (Wildman–Crippen LogP) is -2.97. The van der Waals surface area contributed by atoms with Gasteiger partial charge in [-0.1, -0.05) is 77.1 Å². The quantitative estimate of drug-likeness (QED) is 0.0451. The number of unbranched alkanes of at least 4 members (excludes halogenated alkanes) is 10. The summed E-state index contributed by atoms with van der Waals surface area (Å²) in [6, 6.07) is 0. The summed E-state index contributed by atoms with van der Waals surface area (Å²) in [4.78, 5) is 45.1. The van der Waals surface area contributed by atoms with Crippen molar-refractivity contribution >= 4 is 19.8 Å². The molecule has 0 heterocycles. The first-order valence-corrected chi connectivity index (χ1v) is 13.2. The van der Waals surface area contributed by atoms with Crippen LogP contribution in [0.4, 0.5) is 0 Å². The molecule has 8 nitrogen and oxygen atoms in total. The molecule has 0 aliphatic heterocycles. The second-order valence-electron chi connectivity index (χ2n) is 7.61. The standard InChI is InChI=1S/C25H37O8P.2Na/c1-3-5-7-9-10-11-12-13-14-16-18-20-25(27)33-23(22-32-34(28,29)30)21-31-24(26)19-17-15-8-6-4-2;;/h23H,3,5,7,9-14,16,18,20-22H2,1-2H3,(H2,28,29,30);;/q;2*+1/p-2/t23-;;/m1../s1. The van der Waals surface area contributed by atoms with Gasteiger partial charge in [-0.3, -0.25) is 4.79 Å². The Morgan fingerprint density at radius 2 is 1.33 bits per heavy atom. The molecule has 0 saturated carbocycles. The predicted molar refractivity (Wildman–Crippen MR) is 124 cm³/mol. The second-order valence-corrected chi connectivity index (χ2v) is 8.77. The van der Waals surface area contributed by atoms with Crippen LogP contribution in [0.2, 0.25) is 0 Å². The molecule has 1 atom stereocenters. The first-order chi connectivity index (χ1) is 16.3. The van der Waals surface area contributed by atoms with Crippen LogP contribution < -0.4 is 68.9 Å². The van der Waals surface area contributed by atoms with E-state index < -0.39 is 39.1 Å². The van der Waals surface area contributed by atoms with Crippen molar-refractivity contribution in [1.29, 1.82) is 0 Å². The minimum absolute atomic E-state index is 0. The van der Waals surface area contributed by atoms with Crippen LogP contribution in [-0.2, 0) is 28.2 Å². The summed E-state index contributed by atoms with van der Waals surface area (Å²) in [6.45, 7) is 2.54. The van der Waals surface area contributed by atoms with Gasteiger partial charge in [0.1, 0.15) is 6.61 Å². The minimum atomic E-state index is -5.28. The van der Waals surface area contributed by atoms with E-state index in [-0.39, 0.29) is 65.5 Å². The summed E-state index contributed by atoms with van der Waals surface area (Å²) < 4.78 is 24.8. The van der Waals surface area contributed by atoms with Crippen molar-refractivity contribution in [3.05, 3.63) is 0 Å². The third-order valence-electron chi connectivity index (χ3n) is 4.58. The van der Waals surface area contributed by atoms with Crippen LogP contribution in [0.25, 0.3) is 0 Å². The molecule has 0 aromatic rings. The maximum absolute atomic E-state index is 12.1. The van der Waals surface area contributed by atoms with Crippen molar-refractivity contribution in [1.82, 2.24) is 0 Å². The van der Waals surface area contributed by atoms with E-state index in [4.69, 9.17) is 9.47 Å². The Labute approximate surface area is 260 Å². The summed E-state index contributed by atoms with van der Waals surface area (Å²) >= 11 is 0. The van der Waals surface area contributed by atoms with E-state index in [2.05, 4.69) is 47.0 Å². The molecule has 190 valence electrons. The van der Waals surface area contributed by atoms with Crippen molar-refractivity contribution in [2.45, 2.75) is 97.0 Å². The molecule has 0 N–H and O–H groups in total. The largest absolute Gasteiger partial charge is 1.00 e. The van der Waals surface area contributed by atoms with Crippen LogP contribution in [0.3, 0.4) is 0 Å². The van der Waals surface area contributed by atoms with Crippen LogP contribution in [0.5, 0.6) is 0 Å². The van der Waals surface area contributed by atoms with Gasteiger partial charge in [0.2, 0.25) is 0 Å². The summed E-state index contributed by atoms with van der Waals surface area (Å²) in [5, 5.41) is 0. The molecule has 0 rings (SSSR count). The monoisotopic (exact) mass is 540 g/mol. The number of phosphoric acid groups is 1. The zero-order chi connectivity index (χ0) is 25.5. The van der Waals surface area contributed by atoms with Gasteiger partial charge in [0, 0.05) is 12.3 Å². The van der Waals surface area contributed by atoms with Crippen LogP contribution in [0.15, 0.2) is 0 Å². The number of phosphoric ester groups is 1. The Balaban J connectivity index is -0.00000544. The smallest absolute Gasteiger partial charge is 0.790 e. The SMILES string of the molecule is CC#CC#CC#CC(=O)OC[C@H](COP(=O)([O-])[O-])OC(=O)CCCCCCCCCCCCC.[Na+].[Na+]. The van der Waals surface area contributed by atoms with Crippen molar-refractivity contribution < 1.29 is 97.1 Å². The van der Waals surface area contributed by atoms with E-state index in [1.165, 1.54) is 44.9 Å². The van der Waals surface area contributed by atoms with E-state index in [1.54, 1.807) is 6.92 Å². The molecule has 0 saturated heterocycles. The molecule has 0 unspecified atom stereocenters. The summed E-state index contributed by atoms with van der Waals surface area (Å²) in [6.07, 6.45) is 11.4. The van der Waals surface area contributed by atoms with Gasteiger partial charge in [-0.05, 0) is 37.0 Å². The molecular weight excluding hydrogens is 505 g/mol. The van der Waals surface area contributed by atoms with Gasteiger partial charge in [-0.25, -0.2) is 4.79 Å². The molecule has 0 amide bonds. The van der Waals surface area contributed by atoms with Gasteiger partial charge in [0.15, 0.2) is 6.10 Å². The fourth-order valence-corrected chi connectivity index (χ4v) is 3.23. The van der Waals surface area contributed by atoms with Crippen molar-refractivity contribution in [2.75, 3.05) is 13.2 Å². The summed E-state index contributed by atoms with van der Waals surface area (Å²) in [5.41, 5.74) is 0. The molecule has 0 spiro atoms. The summed E-state index contributed by atoms with van der Waals surface area (Å²) in [7, 11) is -5.28. The first kappa shape index (κ1) is 40.2. The van der Waals surface area contributed by atoms with Gasteiger partial charge < -0.3 is 28.3 Å². The van der Waals surface area contributed by atoms with Crippen molar-refractivity contribution in [2.24, 2.45) is 0 Å². The molecule has 0 aliphatic rings. The van der Waals surface area contributed by atoms with E-state index in [9.17, 15) is 23.9 Å². The van der Waals surface area contributed by atoms with Crippen molar-refractivity contribution in [3.8, 4) is 35.5 Å². The third-order valence-corrected chi connectivity index (χ3v) is 5.04. The number of hydrogen-bond donors (Lipinski definition) is 0. The Hall–Kier alpha value is -0.270. The fourth-order valence-electron chi connectivity index (χ4n) is 2.88. The number of rotatable bonds is 18. The van der Waals surface area contributed by atoms with E-state index in [0.717, 1.165) is 19.3 Å². The number of hydrogen-bond acceptors (Lipinski definition) is 8. The fraction of sp³-hybridized carbons (Fsp3) is 0.680. The molecule has 0 radical (unpaired) electrons. The zero-order valence-electron chi connectivity index (χ0n) is 22.2. The Morgan fingerprint density at radius 1 is 0.806 bits per heavy atom. The normalized spacial score (nSPS) is 10.4. The number of carbonyl (C=O) groups is 2. The topological polar surface area (TPSA) is 125 Å². The second kappa shape index (κ2) is 27.8. The van der Waals surface area contributed by atoms with E-state index in [0.29, 0.717) is 6.42 Å². The maximum atomic E-state index is 12.1. The molecule has 0 aliphatic carbocycles. The first-order valence-electron chi connectivity index (χ1n) is 11.7. The zero-order valence-corrected chi connectivity index (χ0v) is 27.1. The van der Waals surface area contributed by atoms with Crippen LogP contribution >= 0.6 is 7.82 Å². The minimum Gasteiger partial charge on any atom is -0.790 e. The molecule has 11 heteroatoms. The van der Waals surface area contributed by atoms with Gasteiger partial charge in [0.05, 0.1) is 14.4 Å². The van der Waals surface area contributed by atoms with E-state index in [1.807, 2.05) is 0 Å². The van der Waals surface area contributed by atoms with Gasteiger partial charge in [0.25, 0.3) is 0 Å². The van der Waals surface area contributed by atoms with E-state index >= 15 is 0 Å². The third kappa shape index (κ3) is 30.0. The molecular formula is C25H35Na2O8P. The molecule has 0 aromatic heterocycles. The Bertz CT molecular complexity index is 824. The maximum Gasteiger partial charge on any atom is 1.00 e. The molecule has 0 aromatic carbocycles. The average molecular weight is 541 g/mol. The van der Waals surface area contributed by atoms with Gasteiger partial charge in [-0.2, -0.15) is 0 Å². The van der Waals surface area contributed by atoms with Gasteiger partial charge >= 0.3 is 71.1 Å². The molecule has 36 heavy (non-hydrogen) atoms. The number of ether oxygens (including phenoxy) is 2.